The molecule has 3 aromatic heterocycles. The van der Waals surface area contributed by atoms with Crippen molar-refractivity contribution in [2.75, 3.05) is 0 Å². The maximum Gasteiger partial charge on any atom is 0.137 e. The molecule has 1 fully saturated rings. The summed E-state index contributed by atoms with van der Waals surface area (Å²) in [5.41, 5.74) is 11.6. The first kappa shape index (κ1) is 32.6. The molecule has 0 aliphatic carbocycles. The number of hydrogen-bond donors (Lipinski definition) is 3. The minimum absolute atomic E-state index is 0.0840. The van der Waals surface area contributed by atoms with E-state index in [4.69, 9.17) is 4.98 Å². The van der Waals surface area contributed by atoms with Crippen LogP contribution in [0.1, 0.15) is 35.2 Å². The highest BCUT2D eigenvalue weighted by molar-refractivity contribution is 6.19. The third-order valence-electron chi connectivity index (χ3n) is 11.3. The fourth-order valence-corrected chi connectivity index (χ4v) is 8.63. The van der Waals surface area contributed by atoms with E-state index in [1.165, 1.54) is 54.8 Å². The van der Waals surface area contributed by atoms with Gasteiger partial charge in [0.25, 0.3) is 0 Å². The maximum atomic E-state index is 5.06. The van der Waals surface area contributed by atoms with Crippen LogP contribution in [0.2, 0.25) is 0 Å². The first-order valence-corrected chi connectivity index (χ1v) is 19.2. The predicted molar refractivity (Wildman–Crippen MR) is 229 cm³/mol. The van der Waals surface area contributed by atoms with Crippen LogP contribution < -0.4 is 16.0 Å². The topological polar surface area (TPSA) is 58.8 Å². The van der Waals surface area contributed by atoms with Crippen LogP contribution >= 0.6 is 0 Å². The quantitative estimate of drug-likeness (QED) is 0.160. The van der Waals surface area contributed by atoms with Crippen LogP contribution in [0.25, 0.3) is 66.2 Å². The van der Waals surface area contributed by atoms with Crippen LogP contribution in [-0.4, -0.2) is 14.1 Å². The Bertz CT molecular complexity index is 3010. The van der Waals surface area contributed by atoms with Gasteiger partial charge in [-0.2, -0.15) is 0 Å². The van der Waals surface area contributed by atoms with Crippen molar-refractivity contribution in [3.05, 3.63) is 211 Å². The molecule has 1 saturated heterocycles. The molecule has 0 spiro atoms. The molecule has 7 aromatic carbocycles. The third-order valence-corrected chi connectivity index (χ3v) is 11.3. The fraction of sp³-hybridized carbons (Fsp3) is 0.0600. The molecule has 3 unspecified atom stereocenters. The van der Waals surface area contributed by atoms with Crippen LogP contribution in [0.4, 0.5) is 0 Å². The third kappa shape index (κ3) is 5.50. The zero-order valence-electron chi connectivity index (χ0n) is 30.5. The lowest BCUT2D eigenvalue weighted by atomic mass is 10.0. The van der Waals surface area contributed by atoms with Gasteiger partial charge >= 0.3 is 0 Å². The second kappa shape index (κ2) is 13.5. The fourth-order valence-electron chi connectivity index (χ4n) is 8.63. The van der Waals surface area contributed by atoms with E-state index in [1.54, 1.807) is 0 Å². The van der Waals surface area contributed by atoms with Crippen LogP contribution in [0, 0.1) is 0 Å². The Balaban J connectivity index is 1.04. The summed E-state index contributed by atoms with van der Waals surface area (Å²) >= 11 is 0. The van der Waals surface area contributed by atoms with E-state index in [0.29, 0.717) is 0 Å². The molecule has 1 aliphatic heterocycles. The standard InChI is InChI=1S/C50H38N6/c1-4-14-33(15-5-1)34-24-26-36(27-25-34)49-52-48(35-16-6-2-7-17-35)53-50(54-49)37-28-29-51-47(30-37)56-44-23-13-11-21-40(44)42-31-41-39-20-10-12-22-43(39)55(45(41)32-46(42)56)38-18-8-3-9-19-38/h1-32,48-50,52-54H. The van der Waals surface area contributed by atoms with Crippen molar-refractivity contribution < 1.29 is 0 Å². The molecule has 3 N–H and O–H groups in total. The highest BCUT2D eigenvalue weighted by Gasteiger charge is 2.30. The average Bonchev–Trinajstić information content (AvgIpc) is 3.78. The number of nitrogens with one attached hydrogen (secondary N) is 3. The summed E-state index contributed by atoms with van der Waals surface area (Å²) in [5, 5.41) is 16.5. The minimum atomic E-state index is -0.164. The molecule has 0 bridgehead atoms. The summed E-state index contributed by atoms with van der Waals surface area (Å²) in [6, 6.07) is 67.2. The first-order valence-electron chi connectivity index (χ1n) is 19.2. The SMILES string of the molecule is c1ccc(-c2ccc(C3NC(c4ccccc4)NC(c4ccnc(-n5c6ccccc6c6cc7c8ccccc8n(-c8ccccc8)c7cc65)c4)N3)cc2)cc1. The molecule has 1 aliphatic rings. The molecule has 0 amide bonds. The van der Waals surface area contributed by atoms with E-state index in [2.05, 4.69) is 213 Å². The number of benzene rings is 7. The van der Waals surface area contributed by atoms with Gasteiger partial charge < -0.3 is 4.57 Å². The number of nitrogens with zero attached hydrogens (tertiary/aromatic N) is 3. The van der Waals surface area contributed by atoms with Crippen molar-refractivity contribution in [3.63, 3.8) is 0 Å². The number of fused-ring (bicyclic) bond motifs is 6. The summed E-state index contributed by atoms with van der Waals surface area (Å²) in [4.78, 5) is 5.06. The van der Waals surface area contributed by atoms with Crippen LogP contribution in [0.3, 0.4) is 0 Å². The van der Waals surface area contributed by atoms with Gasteiger partial charge in [0.05, 0.1) is 40.6 Å². The second-order valence-corrected chi connectivity index (χ2v) is 14.6. The molecule has 56 heavy (non-hydrogen) atoms. The van der Waals surface area contributed by atoms with E-state index in [0.717, 1.165) is 28.1 Å². The number of hydrogen-bond acceptors (Lipinski definition) is 4. The molecule has 268 valence electrons. The molecular weight excluding hydrogens is 685 g/mol. The van der Waals surface area contributed by atoms with Gasteiger partial charge in [0, 0.05) is 33.4 Å². The molecule has 6 nitrogen and oxygen atoms in total. The number of pyridine rings is 1. The van der Waals surface area contributed by atoms with Crippen molar-refractivity contribution in [2.24, 2.45) is 0 Å². The van der Waals surface area contributed by atoms with Crippen molar-refractivity contribution in [3.8, 4) is 22.6 Å². The summed E-state index contributed by atoms with van der Waals surface area (Å²) in [6.45, 7) is 0. The van der Waals surface area contributed by atoms with Gasteiger partial charge in [-0.25, -0.2) is 4.98 Å². The van der Waals surface area contributed by atoms with Crippen molar-refractivity contribution in [1.29, 1.82) is 0 Å². The first-order chi connectivity index (χ1) is 27.8. The van der Waals surface area contributed by atoms with Crippen molar-refractivity contribution >= 4 is 43.6 Å². The van der Waals surface area contributed by atoms with Crippen LogP contribution in [0.15, 0.2) is 194 Å². The lowest BCUT2D eigenvalue weighted by Crippen LogP contribution is -2.54. The summed E-state index contributed by atoms with van der Waals surface area (Å²) < 4.78 is 4.71. The zero-order valence-corrected chi connectivity index (χ0v) is 30.5. The molecular formula is C50H38N6. The van der Waals surface area contributed by atoms with Gasteiger partial charge in [0.15, 0.2) is 0 Å². The Morgan fingerprint density at radius 3 is 1.52 bits per heavy atom. The normalized spacial score (nSPS) is 17.2. The van der Waals surface area contributed by atoms with Gasteiger partial charge in [-0.1, -0.05) is 140 Å². The Labute approximate surface area is 324 Å². The van der Waals surface area contributed by atoms with Gasteiger partial charge in [0.1, 0.15) is 5.82 Å². The monoisotopic (exact) mass is 722 g/mol. The Hall–Kier alpha value is -6.83. The molecule has 0 saturated carbocycles. The predicted octanol–water partition coefficient (Wildman–Crippen LogP) is 11.1. The Morgan fingerprint density at radius 2 is 0.857 bits per heavy atom. The summed E-state index contributed by atoms with van der Waals surface area (Å²) in [5.74, 6) is 0.873. The maximum absolute atomic E-state index is 5.06. The Morgan fingerprint density at radius 1 is 0.357 bits per heavy atom. The largest absolute Gasteiger partial charge is 0.309 e. The lowest BCUT2D eigenvalue weighted by Gasteiger charge is -2.39. The second-order valence-electron chi connectivity index (χ2n) is 14.6. The number of para-hydroxylation sites is 3. The summed E-state index contributed by atoms with van der Waals surface area (Å²) in [6.07, 6.45) is 1.59. The van der Waals surface area contributed by atoms with E-state index >= 15 is 0 Å². The smallest absolute Gasteiger partial charge is 0.137 e. The zero-order chi connectivity index (χ0) is 37.0. The van der Waals surface area contributed by atoms with E-state index in [-0.39, 0.29) is 18.5 Å². The van der Waals surface area contributed by atoms with E-state index in [1.807, 2.05) is 6.20 Å². The molecule has 10 aromatic rings. The average molecular weight is 723 g/mol. The van der Waals surface area contributed by atoms with Crippen molar-refractivity contribution in [1.82, 2.24) is 30.1 Å². The molecule has 6 heteroatoms. The summed E-state index contributed by atoms with van der Waals surface area (Å²) in [7, 11) is 0. The Kier molecular flexibility index (Phi) is 7.84. The van der Waals surface area contributed by atoms with Gasteiger partial charge in [-0.3, -0.25) is 20.5 Å². The molecule has 4 heterocycles. The number of aromatic nitrogens is 3. The van der Waals surface area contributed by atoms with Gasteiger partial charge in [-0.05, 0) is 76.3 Å². The van der Waals surface area contributed by atoms with Gasteiger partial charge in [-0.15, -0.1) is 0 Å². The highest BCUT2D eigenvalue weighted by Crippen LogP contribution is 2.40. The number of rotatable bonds is 6. The minimum Gasteiger partial charge on any atom is -0.309 e. The van der Waals surface area contributed by atoms with E-state index < -0.39 is 0 Å². The lowest BCUT2D eigenvalue weighted by molar-refractivity contribution is 0.203. The molecule has 0 radical (unpaired) electrons. The van der Waals surface area contributed by atoms with Gasteiger partial charge in [0.2, 0.25) is 0 Å². The van der Waals surface area contributed by atoms with Crippen LogP contribution in [0.5, 0.6) is 0 Å². The van der Waals surface area contributed by atoms with E-state index in [9.17, 15) is 0 Å². The van der Waals surface area contributed by atoms with Crippen LogP contribution in [-0.2, 0) is 0 Å². The molecule has 11 rings (SSSR count). The van der Waals surface area contributed by atoms with Crippen molar-refractivity contribution in [2.45, 2.75) is 18.5 Å². The molecule has 3 atom stereocenters. The highest BCUT2D eigenvalue weighted by atomic mass is 15.4.